The number of likely N-dealkylation sites (tertiary alicyclic amines) is 1. The summed E-state index contributed by atoms with van der Waals surface area (Å²) in [4.78, 5) is 26.9. The third kappa shape index (κ3) is 4.71. The number of hydrogen-bond donors (Lipinski definition) is 2. The molecule has 1 saturated heterocycles. The van der Waals surface area contributed by atoms with Gasteiger partial charge in [0, 0.05) is 24.3 Å². The summed E-state index contributed by atoms with van der Waals surface area (Å²) in [5.41, 5.74) is 1.40. The minimum Gasteiger partial charge on any atom is -0.351 e. The van der Waals surface area contributed by atoms with Crippen molar-refractivity contribution in [1.82, 2.24) is 10.2 Å². The average Bonchev–Trinajstić information content (AvgIpc) is 3.22. The Hall–Kier alpha value is -3.13. The molecule has 0 aliphatic carbocycles. The van der Waals surface area contributed by atoms with Crippen LogP contribution in [0.3, 0.4) is 0 Å². The molecular weight excluding hydrogens is 402 g/mol. The van der Waals surface area contributed by atoms with E-state index in [-0.39, 0.29) is 16.7 Å². The summed E-state index contributed by atoms with van der Waals surface area (Å²) in [5, 5.41) is 2.74. The van der Waals surface area contributed by atoms with Crippen molar-refractivity contribution in [3.63, 3.8) is 0 Å². The third-order valence-corrected chi connectivity index (χ3v) is 6.55. The van der Waals surface area contributed by atoms with Crippen molar-refractivity contribution in [2.24, 2.45) is 0 Å². The SMILES string of the molecule is C=CCNC(=O)[C@@H]1CCCN1C(=O)c1ccc(NS(=O)(=O)c2ccccc2C)cc1. The first kappa shape index (κ1) is 21.6. The highest BCUT2D eigenvalue weighted by Crippen LogP contribution is 2.23. The fourth-order valence-corrected chi connectivity index (χ4v) is 4.79. The lowest BCUT2D eigenvalue weighted by Gasteiger charge is -2.24. The van der Waals surface area contributed by atoms with Crippen LogP contribution in [0.1, 0.15) is 28.8 Å². The first-order valence-electron chi connectivity index (χ1n) is 9.71. The van der Waals surface area contributed by atoms with Crippen LogP contribution in [-0.4, -0.2) is 44.3 Å². The molecule has 0 radical (unpaired) electrons. The Balaban J connectivity index is 1.72. The minimum absolute atomic E-state index is 0.191. The highest BCUT2D eigenvalue weighted by molar-refractivity contribution is 7.92. The van der Waals surface area contributed by atoms with Gasteiger partial charge < -0.3 is 10.2 Å². The molecule has 1 atom stereocenters. The van der Waals surface area contributed by atoms with E-state index < -0.39 is 16.1 Å². The van der Waals surface area contributed by atoms with E-state index in [0.29, 0.717) is 36.3 Å². The molecule has 2 aromatic rings. The number of amides is 2. The van der Waals surface area contributed by atoms with E-state index in [1.165, 1.54) is 0 Å². The largest absolute Gasteiger partial charge is 0.351 e. The van der Waals surface area contributed by atoms with Crippen LogP contribution in [0.2, 0.25) is 0 Å². The van der Waals surface area contributed by atoms with Gasteiger partial charge >= 0.3 is 0 Å². The van der Waals surface area contributed by atoms with Crippen molar-refractivity contribution in [3.8, 4) is 0 Å². The minimum atomic E-state index is -3.73. The molecule has 158 valence electrons. The molecule has 1 heterocycles. The summed E-state index contributed by atoms with van der Waals surface area (Å²) in [6.07, 6.45) is 2.96. The molecule has 7 nitrogen and oxygen atoms in total. The van der Waals surface area contributed by atoms with Crippen LogP contribution in [0.5, 0.6) is 0 Å². The first-order valence-corrected chi connectivity index (χ1v) is 11.2. The van der Waals surface area contributed by atoms with E-state index in [4.69, 9.17) is 0 Å². The van der Waals surface area contributed by atoms with Gasteiger partial charge in [-0.15, -0.1) is 6.58 Å². The molecule has 0 aromatic heterocycles. The second-order valence-electron chi connectivity index (χ2n) is 7.14. The lowest BCUT2D eigenvalue weighted by Crippen LogP contribution is -2.46. The molecule has 3 rings (SSSR count). The van der Waals surface area contributed by atoms with Crippen LogP contribution in [0.15, 0.2) is 66.1 Å². The Morgan fingerprint density at radius 1 is 1.17 bits per heavy atom. The molecule has 0 bridgehead atoms. The zero-order valence-electron chi connectivity index (χ0n) is 16.8. The van der Waals surface area contributed by atoms with E-state index in [1.807, 2.05) is 0 Å². The Morgan fingerprint density at radius 2 is 1.87 bits per heavy atom. The van der Waals surface area contributed by atoms with E-state index in [1.54, 1.807) is 66.4 Å². The van der Waals surface area contributed by atoms with Crippen molar-refractivity contribution in [3.05, 3.63) is 72.3 Å². The number of carbonyl (C=O) groups is 2. The molecule has 0 spiro atoms. The van der Waals surface area contributed by atoms with Crippen LogP contribution < -0.4 is 10.0 Å². The first-order chi connectivity index (χ1) is 14.3. The normalized spacial score (nSPS) is 16.2. The van der Waals surface area contributed by atoms with Gasteiger partial charge in [0.25, 0.3) is 15.9 Å². The van der Waals surface area contributed by atoms with Crippen LogP contribution in [0.4, 0.5) is 5.69 Å². The maximum absolute atomic E-state index is 12.9. The van der Waals surface area contributed by atoms with Gasteiger partial charge in [0.15, 0.2) is 0 Å². The van der Waals surface area contributed by atoms with Crippen LogP contribution in [-0.2, 0) is 14.8 Å². The number of nitrogens with one attached hydrogen (secondary N) is 2. The maximum Gasteiger partial charge on any atom is 0.262 e. The highest BCUT2D eigenvalue weighted by atomic mass is 32.2. The lowest BCUT2D eigenvalue weighted by atomic mass is 10.1. The Morgan fingerprint density at radius 3 is 2.53 bits per heavy atom. The summed E-state index contributed by atoms with van der Waals surface area (Å²) in [5.74, 6) is -0.442. The monoisotopic (exact) mass is 427 g/mol. The Kier molecular flexibility index (Phi) is 6.56. The Labute approximate surface area is 176 Å². The maximum atomic E-state index is 12.9. The Bertz CT molecular complexity index is 1050. The molecule has 2 aromatic carbocycles. The molecule has 8 heteroatoms. The molecule has 30 heavy (non-hydrogen) atoms. The third-order valence-electron chi connectivity index (χ3n) is 5.00. The lowest BCUT2D eigenvalue weighted by molar-refractivity contribution is -0.124. The smallest absolute Gasteiger partial charge is 0.262 e. The standard InChI is InChI=1S/C22H25N3O4S/c1-3-14-23-21(26)19-8-6-15-25(19)22(27)17-10-12-18(13-11-17)24-30(28,29)20-9-5-4-7-16(20)2/h3-5,7,9-13,19,24H,1,6,8,14-15H2,2H3,(H,23,26)/t19-/m0/s1. The van der Waals surface area contributed by atoms with E-state index in [2.05, 4.69) is 16.6 Å². The second-order valence-corrected chi connectivity index (χ2v) is 8.79. The topological polar surface area (TPSA) is 95.6 Å². The number of aryl methyl sites for hydroxylation is 1. The average molecular weight is 428 g/mol. The number of carbonyl (C=O) groups excluding carboxylic acids is 2. The van der Waals surface area contributed by atoms with Crippen LogP contribution in [0.25, 0.3) is 0 Å². The van der Waals surface area contributed by atoms with E-state index in [9.17, 15) is 18.0 Å². The molecule has 1 fully saturated rings. The van der Waals surface area contributed by atoms with E-state index in [0.717, 1.165) is 6.42 Å². The second kappa shape index (κ2) is 9.13. The van der Waals surface area contributed by atoms with Gasteiger partial charge in [-0.05, 0) is 55.7 Å². The molecule has 1 aliphatic rings. The van der Waals surface area contributed by atoms with Gasteiger partial charge in [-0.1, -0.05) is 24.3 Å². The predicted molar refractivity (Wildman–Crippen MR) is 116 cm³/mol. The molecular formula is C22H25N3O4S. The predicted octanol–water partition coefficient (Wildman–Crippen LogP) is 2.70. The quantitative estimate of drug-likeness (QED) is 0.664. The van der Waals surface area contributed by atoms with Gasteiger partial charge in [0.1, 0.15) is 6.04 Å². The summed E-state index contributed by atoms with van der Waals surface area (Å²) in [7, 11) is -3.73. The van der Waals surface area contributed by atoms with Crippen molar-refractivity contribution in [2.45, 2.75) is 30.7 Å². The highest BCUT2D eigenvalue weighted by Gasteiger charge is 2.34. The van der Waals surface area contributed by atoms with Gasteiger partial charge in [-0.2, -0.15) is 0 Å². The number of hydrogen-bond acceptors (Lipinski definition) is 4. The van der Waals surface area contributed by atoms with Gasteiger partial charge in [-0.25, -0.2) is 8.42 Å². The molecule has 0 saturated carbocycles. The number of nitrogens with zero attached hydrogens (tertiary/aromatic N) is 1. The van der Waals surface area contributed by atoms with Crippen molar-refractivity contribution in [1.29, 1.82) is 0 Å². The fourth-order valence-electron chi connectivity index (χ4n) is 3.49. The van der Waals surface area contributed by atoms with Gasteiger partial charge in [0.05, 0.1) is 4.90 Å². The molecule has 1 aliphatic heterocycles. The molecule has 0 unspecified atom stereocenters. The fraction of sp³-hybridized carbons (Fsp3) is 0.273. The zero-order valence-corrected chi connectivity index (χ0v) is 17.6. The van der Waals surface area contributed by atoms with Crippen LogP contribution >= 0.6 is 0 Å². The van der Waals surface area contributed by atoms with Crippen molar-refractivity contribution in [2.75, 3.05) is 17.8 Å². The van der Waals surface area contributed by atoms with E-state index >= 15 is 0 Å². The summed E-state index contributed by atoms with van der Waals surface area (Å²) in [6, 6.07) is 12.4. The van der Waals surface area contributed by atoms with Gasteiger partial charge in [0.2, 0.25) is 5.91 Å². The van der Waals surface area contributed by atoms with Crippen LogP contribution in [0, 0.1) is 6.92 Å². The number of anilines is 1. The van der Waals surface area contributed by atoms with Crippen molar-refractivity contribution < 1.29 is 18.0 Å². The summed E-state index contributed by atoms with van der Waals surface area (Å²) in [6.45, 7) is 6.17. The number of sulfonamides is 1. The number of rotatable bonds is 7. The van der Waals surface area contributed by atoms with Gasteiger partial charge in [-0.3, -0.25) is 14.3 Å². The summed E-state index contributed by atoms with van der Waals surface area (Å²) < 4.78 is 27.8. The number of benzene rings is 2. The zero-order chi connectivity index (χ0) is 21.7. The van der Waals surface area contributed by atoms with Crippen molar-refractivity contribution >= 4 is 27.5 Å². The summed E-state index contributed by atoms with van der Waals surface area (Å²) >= 11 is 0. The molecule has 2 amide bonds. The molecule has 2 N–H and O–H groups in total.